The molecule has 3 aromatic rings. The summed E-state index contributed by atoms with van der Waals surface area (Å²) in [5.41, 5.74) is 1.64. The first-order chi connectivity index (χ1) is 11.7. The Bertz CT molecular complexity index is 838. The van der Waals surface area contributed by atoms with Crippen LogP contribution in [0.1, 0.15) is 5.56 Å². The topological polar surface area (TPSA) is 51.2 Å². The monoisotopic (exact) mass is 382 g/mol. The van der Waals surface area contributed by atoms with Crippen LogP contribution in [0, 0.1) is 0 Å². The van der Waals surface area contributed by atoms with Crippen molar-refractivity contribution >= 4 is 27.5 Å². The van der Waals surface area contributed by atoms with Crippen molar-refractivity contribution in [1.82, 2.24) is 4.98 Å². The van der Waals surface area contributed by atoms with E-state index in [0.29, 0.717) is 23.6 Å². The molecule has 0 aliphatic carbocycles. The van der Waals surface area contributed by atoms with Crippen LogP contribution < -0.4 is 10.1 Å². The van der Waals surface area contributed by atoms with Crippen LogP contribution in [-0.4, -0.2) is 10.9 Å². The first kappa shape index (κ1) is 16.2. The number of pyridine rings is 1. The number of nitrogens with zero attached hydrogens (tertiary/aromatic N) is 1. The lowest BCUT2D eigenvalue weighted by atomic mass is 10.1. The summed E-state index contributed by atoms with van der Waals surface area (Å²) >= 11 is 3.45. The summed E-state index contributed by atoms with van der Waals surface area (Å²) in [7, 11) is 0. The normalized spacial score (nSPS) is 10.2. The SMILES string of the molecule is O=C(Cc1ccccc1Br)Nc1cccc(Oc2ccncc2)c1. The molecule has 5 heteroatoms. The highest BCUT2D eigenvalue weighted by molar-refractivity contribution is 9.10. The van der Waals surface area contributed by atoms with E-state index in [1.165, 1.54) is 0 Å². The summed E-state index contributed by atoms with van der Waals surface area (Å²) in [5, 5.41) is 2.89. The molecule has 1 amide bonds. The molecular formula is C19H15BrN2O2. The highest BCUT2D eigenvalue weighted by Crippen LogP contribution is 2.24. The van der Waals surface area contributed by atoms with Crippen LogP contribution in [-0.2, 0) is 11.2 Å². The predicted octanol–water partition coefficient (Wildman–Crippen LogP) is 4.82. The number of nitrogens with one attached hydrogen (secondary N) is 1. The number of rotatable bonds is 5. The molecule has 24 heavy (non-hydrogen) atoms. The van der Waals surface area contributed by atoms with Gasteiger partial charge in [-0.3, -0.25) is 9.78 Å². The zero-order valence-electron chi connectivity index (χ0n) is 12.8. The van der Waals surface area contributed by atoms with E-state index in [4.69, 9.17) is 4.74 Å². The van der Waals surface area contributed by atoms with Gasteiger partial charge >= 0.3 is 0 Å². The molecule has 0 aliphatic rings. The molecule has 0 radical (unpaired) electrons. The van der Waals surface area contributed by atoms with Crippen molar-refractivity contribution in [2.45, 2.75) is 6.42 Å². The molecule has 120 valence electrons. The van der Waals surface area contributed by atoms with Gasteiger partial charge in [0.05, 0.1) is 6.42 Å². The zero-order valence-corrected chi connectivity index (χ0v) is 14.4. The molecular weight excluding hydrogens is 368 g/mol. The van der Waals surface area contributed by atoms with Gasteiger partial charge in [-0.15, -0.1) is 0 Å². The number of carbonyl (C=O) groups is 1. The summed E-state index contributed by atoms with van der Waals surface area (Å²) in [6.45, 7) is 0. The smallest absolute Gasteiger partial charge is 0.228 e. The van der Waals surface area contributed by atoms with Crippen molar-refractivity contribution in [2.75, 3.05) is 5.32 Å². The highest BCUT2D eigenvalue weighted by atomic mass is 79.9. The van der Waals surface area contributed by atoms with Gasteiger partial charge in [-0.25, -0.2) is 0 Å². The van der Waals surface area contributed by atoms with Gasteiger partial charge < -0.3 is 10.1 Å². The number of ether oxygens (including phenoxy) is 1. The summed E-state index contributed by atoms with van der Waals surface area (Å²) in [6, 6.07) is 18.5. The summed E-state index contributed by atoms with van der Waals surface area (Å²) in [4.78, 5) is 16.2. The zero-order chi connectivity index (χ0) is 16.8. The molecule has 0 bridgehead atoms. The maximum Gasteiger partial charge on any atom is 0.228 e. The number of benzene rings is 2. The largest absolute Gasteiger partial charge is 0.457 e. The average Bonchev–Trinajstić information content (AvgIpc) is 2.58. The molecule has 1 N–H and O–H groups in total. The van der Waals surface area contributed by atoms with Gasteiger partial charge in [-0.05, 0) is 35.9 Å². The minimum Gasteiger partial charge on any atom is -0.457 e. The number of hydrogen-bond donors (Lipinski definition) is 1. The summed E-state index contributed by atoms with van der Waals surface area (Å²) in [5.74, 6) is 1.27. The van der Waals surface area contributed by atoms with Crippen LogP contribution in [0.2, 0.25) is 0 Å². The van der Waals surface area contributed by atoms with E-state index in [1.54, 1.807) is 30.6 Å². The summed E-state index contributed by atoms with van der Waals surface area (Å²) in [6.07, 6.45) is 3.63. The Morgan fingerprint density at radius 1 is 1.00 bits per heavy atom. The maximum atomic E-state index is 12.2. The quantitative estimate of drug-likeness (QED) is 0.688. The number of hydrogen-bond acceptors (Lipinski definition) is 3. The lowest BCUT2D eigenvalue weighted by Crippen LogP contribution is -2.14. The molecule has 0 fully saturated rings. The Hall–Kier alpha value is -2.66. The number of carbonyl (C=O) groups excluding carboxylic acids is 1. The van der Waals surface area contributed by atoms with Crippen molar-refractivity contribution in [3.8, 4) is 11.5 Å². The Labute approximate surface area is 148 Å². The lowest BCUT2D eigenvalue weighted by molar-refractivity contribution is -0.115. The minimum absolute atomic E-state index is 0.0806. The van der Waals surface area contributed by atoms with Crippen molar-refractivity contribution in [3.05, 3.63) is 83.1 Å². The number of aromatic nitrogens is 1. The van der Waals surface area contributed by atoms with E-state index in [-0.39, 0.29) is 5.91 Å². The van der Waals surface area contributed by atoms with Gasteiger partial charge in [-0.2, -0.15) is 0 Å². The van der Waals surface area contributed by atoms with Gasteiger partial charge in [0.15, 0.2) is 0 Å². The summed E-state index contributed by atoms with van der Waals surface area (Å²) < 4.78 is 6.67. The van der Waals surface area contributed by atoms with Crippen molar-refractivity contribution < 1.29 is 9.53 Å². The lowest BCUT2D eigenvalue weighted by Gasteiger charge is -2.09. The molecule has 2 aromatic carbocycles. The number of halogens is 1. The molecule has 0 aliphatic heterocycles. The third kappa shape index (κ3) is 4.43. The van der Waals surface area contributed by atoms with E-state index in [1.807, 2.05) is 42.5 Å². The molecule has 1 aromatic heterocycles. The van der Waals surface area contributed by atoms with E-state index < -0.39 is 0 Å². The van der Waals surface area contributed by atoms with Gasteiger partial charge in [0.1, 0.15) is 11.5 Å². The second-order valence-electron chi connectivity index (χ2n) is 5.13. The second-order valence-corrected chi connectivity index (χ2v) is 5.98. The third-order valence-electron chi connectivity index (χ3n) is 3.31. The van der Waals surface area contributed by atoms with E-state index in [0.717, 1.165) is 10.0 Å². The fourth-order valence-electron chi connectivity index (χ4n) is 2.20. The predicted molar refractivity (Wildman–Crippen MR) is 97.2 cm³/mol. The van der Waals surface area contributed by atoms with Crippen molar-refractivity contribution in [1.29, 1.82) is 0 Å². The standard InChI is InChI=1S/C19H15BrN2O2/c20-18-7-2-1-4-14(18)12-19(23)22-15-5-3-6-17(13-15)24-16-8-10-21-11-9-16/h1-11,13H,12H2,(H,22,23). The average molecular weight is 383 g/mol. The number of anilines is 1. The molecule has 0 atom stereocenters. The Morgan fingerprint density at radius 2 is 1.79 bits per heavy atom. The van der Waals surface area contributed by atoms with Gasteiger partial charge in [0.25, 0.3) is 0 Å². The van der Waals surface area contributed by atoms with Crippen molar-refractivity contribution in [3.63, 3.8) is 0 Å². The van der Waals surface area contributed by atoms with Crippen LogP contribution in [0.25, 0.3) is 0 Å². The molecule has 3 rings (SSSR count). The highest BCUT2D eigenvalue weighted by Gasteiger charge is 2.07. The van der Waals surface area contributed by atoms with Gasteiger partial charge in [-0.1, -0.05) is 40.2 Å². The minimum atomic E-state index is -0.0806. The number of amides is 1. The molecule has 0 saturated carbocycles. The Morgan fingerprint density at radius 3 is 2.58 bits per heavy atom. The van der Waals surface area contributed by atoms with Crippen LogP contribution in [0.5, 0.6) is 11.5 Å². The molecule has 4 nitrogen and oxygen atoms in total. The molecule has 0 spiro atoms. The fraction of sp³-hybridized carbons (Fsp3) is 0.0526. The van der Waals surface area contributed by atoms with Gasteiger partial charge in [0, 0.05) is 28.6 Å². The Balaban J connectivity index is 1.66. The van der Waals surface area contributed by atoms with Crippen molar-refractivity contribution in [2.24, 2.45) is 0 Å². The first-order valence-corrected chi connectivity index (χ1v) is 8.21. The molecule has 1 heterocycles. The third-order valence-corrected chi connectivity index (χ3v) is 4.09. The van der Waals surface area contributed by atoms with Gasteiger partial charge in [0.2, 0.25) is 5.91 Å². The van der Waals surface area contributed by atoms with Crippen LogP contribution in [0.4, 0.5) is 5.69 Å². The maximum absolute atomic E-state index is 12.2. The Kier molecular flexibility index (Phi) is 5.23. The van der Waals surface area contributed by atoms with E-state index >= 15 is 0 Å². The molecule has 0 saturated heterocycles. The first-order valence-electron chi connectivity index (χ1n) is 7.42. The van der Waals surface area contributed by atoms with Crippen LogP contribution >= 0.6 is 15.9 Å². The van der Waals surface area contributed by atoms with E-state index in [2.05, 4.69) is 26.2 Å². The van der Waals surface area contributed by atoms with E-state index in [9.17, 15) is 4.79 Å². The molecule has 0 unspecified atom stereocenters. The van der Waals surface area contributed by atoms with Crippen LogP contribution in [0.3, 0.4) is 0 Å². The fourth-order valence-corrected chi connectivity index (χ4v) is 2.62. The van der Waals surface area contributed by atoms with Crippen LogP contribution in [0.15, 0.2) is 77.5 Å². The second kappa shape index (κ2) is 7.75.